The molecule has 23 heavy (non-hydrogen) atoms. The van der Waals surface area contributed by atoms with Gasteiger partial charge in [-0.05, 0) is 30.7 Å². The van der Waals surface area contributed by atoms with Crippen LogP contribution in [-0.4, -0.2) is 15.5 Å². The summed E-state index contributed by atoms with van der Waals surface area (Å²) >= 11 is 0. The lowest BCUT2D eigenvalue weighted by atomic mass is 10.1. The third-order valence-electron chi connectivity index (χ3n) is 3.63. The molecule has 0 atom stereocenters. The van der Waals surface area contributed by atoms with Crippen molar-refractivity contribution >= 4 is 5.91 Å². The van der Waals surface area contributed by atoms with Crippen molar-refractivity contribution in [3.63, 3.8) is 0 Å². The number of benzene rings is 2. The number of halogens is 1. The van der Waals surface area contributed by atoms with Gasteiger partial charge in [0, 0.05) is 18.9 Å². The average Bonchev–Trinajstić information content (AvgIpc) is 2.99. The second kappa shape index (κ2) is 6.44. The van der Waals surface area contributed by atoms with Crippen molar-refractivity contribution in [1.82, 2.24) is 14.9 Å². The van der Waals surface area contributed by atoms with Gasteiger partial charge in [-0.25, -0.2) is 9.37 Å². The van der Waals surface area contributed by atoms with Crippen molar-refractivity contribution in [2.24, 2.45) is 0 Å². The van der Waals surface area contributed by atoms with Gasteiger partial charge < -0.3 is 9.88 Å². The van der Waals surface area contributed by atoms with Gasteiger partial charge in [0.25, 0.3) is 5.91 Å². The highest BCUT2D eigenvalue weighted by atomic mass is 19.1. The van der Waals surface area contributed by atoms with Gasteiger partial charge in [0.1, 0.15) is 11.6 Å². The number of aromatic nitrogens is 2. The number of carbonyl (C=O) groups excluding carboxylic acids is 1. The number of rotatable bonds is 4. The fourth-order valence-electron chi connectivity index (χ4n) is 2.44. The standard InChI is InChI=1S/C18H16FN3O/c1-13-20-10-11-22(13)17-9-5-2-6-14(17)12-21-18(23)15-7-3-4-8-16(15)19/h2-11H,12H2,1H3,(H,21,23). The largest absolute Gasteiger partial charge is 0.348 e. The van der Waals surface area contributed by atoms with Gasteiger partial charge in [-0.2, -0.15) is 0 Å². The first-order chi connectivity index (χ1) is 11.2. The number of nitrogens with one attached hydrogen (secondary N) is 1. The van der Waals surface area contributed by atoms with E-state index in [1.165, 1.54) is 12.1 Å². The summed E-state index contributed by atoms with van der Waals surface area (Å²) in [6, 6.07) is 13.7. The van der Waals surface area contributed by atoms with Crippen molar-refractivity contribution in [3.05, 3.63) is 83.7 Å². The van der Waals surface area contributed by atoms with Gasteiger partial charge in [-0.1, -0.05) is 30.3 Å². The van der Waals surface area contributed by atoms with E-state index in [0.29, 0.717) is 6.54 Å². The van der Waals surface area contributed by atoms with Crippen molar-refractivity contribution in [2.45, 2.75) is 13.5 Å². The molecular formula is C18H16FN3O. The molecule has 0 saturated carbocycles. The lowest BCUT2D eigenvalue weighted by Gasteiger charge is -2.13. The molecule has 0 unspecified atom stereocenters. The minimum atomic E-state index is -0.524. The molecule has 0 radical (unpaired) electrons. The maximum Gasteiger partial charge on any atom is 0.254 e. The van der Waals surface area contributed by atoms with Crippen LogP contribution in [0.1, 0.15) is 21.7 Å². The van der Waals surface area contributed by atoms with Crippen LogP contribution in [-0.2, 0) is 6.54 Å². The zero-order valence-electron chi connectivity index (χ0n) is 12.7. The highest BCUT2D eigenvalue weighted by Crippen LogP contribution is 2.16. The number of nitrogens with zero attached hydrogens (tertiary/aromatic N) is 2. The SMILES string of the molecule is Cc1nccn1-c1ccccc1CNC(=O)c1ccccc1F. The lowest BCUT2D eigenvalue weighted by Crippen LogP contribution is -2.24. The number of carbonyl (C=O) groups is 1. The molecule has 5 heteroatoms. The molecule has 0 fully saturated rings. The third kappa shape index (κ3) is 3.13. The molecule has 116 valence electrons. The first-order valence-electron chi connectivity index (χ1n) is 7.28. The van der Waals surface area contributed by atoms with E-state index in [4.69, 9.17) is 0 Å². The summed E-state index contributed by atoms with van der Waals surface area (Å²) in [5.41, 5.74) is 1.92. The molecule has 1 amide bonds. The van der Waals surface area contributed by atoms with Gasteiger partial charge in [-0.3, -0.25) is 4.79 Å². The summed E-state index contributed by atoms with van der Waals surface area (Å²) in [5.74, 6) is -0.0955. The quantitative estimate of drug-likeness (QED) is 0.804. The first kappa shape index (κ1) is 15.0. The highest BCUT2D eigenvalue weighted by molar-refractivity contribution is 5.94. The molecule has 0 spiro atoms. The molecule has 0 aliphatic rings. The minimum absolute atomic E-state index is 0.0452. The number of hydrogen-bond acceptors (Lipinski definition) is 2. The molecule has 1 N–H and O–H groups in total. The van der Waals surface area contributed by atoms with Gasteiger partial charge in [0.15, 0.2) is 0 Å². The van der Waals surface area contributed by atoms with E-state index in [1.807, 2.05) is 42.0 Å². The van der Waals surface area contributed by atoms with Crippen molar-refractivity contribution in [3.8, 4) is 5.69 Å². The fourth-order valence-corrected chi connectivity index (χ4v) is 2.44. The van der Waals surface area contributed by atoms with E-state index in [1.54, 1.807) is 18.3 Å². The number of aryl methyl sites for hydroxylation is 1. The minimum Gasteiger partial charge on any atom is -0.348 e. The van der Waals surface area contributed by atoms with Crippen molar-refractivity contribution in [2.75, 3.05) is 0 Å². The topological polar surface area (TPSA) is 46.9 Å². The zero-order chi connectivity index (χ0) is 16.2. The van der Waals surface area contributed by atoms with Crippen LogP contribution in [0, 0.1) is 12.7 Å². The molecule has 0 aliphatic heterocycles. The predicted molar refractivity (Wildman–Crippen MR) is 85.9 cm³/mol. The summed E-state index contributed by atoms with van der Waals surface area (Å²) in [6.45, 7) is 2.22. The summed E-state index contributed by atoms with van der Waals surface area (Å²) in [6.07, 6.45) is 3.59. The molecule has 3 aromatic rings. The van der Waals surface area contributed by atoms with E-state index in [9.17, 15) is 9.18 Å². The molecule has 4 nitrogen and oxygen atoms in total. The Morgan fingerprint density at radius 3 is 2.65 bits per heavy atom. The lowest BCUT2D eigenvalue weighted by molar-refractivity contribution is 0.0947. The summed E-state index contributed by atoms with van der Waals surface area (Å²) in [4.78, 5) is 16.3. The van der Waals surface area contributed by atoms with Crippen LogP contribution >= 0.6 is 0 Å². The molecule has 1 aromatic heterocycles. The molecule has 3 rings (SSSR count). The molecule has 1 heterocycles. The Balaban J connectivity index is 1.81. The number of hydrogen-bond donors (Lipinski definition) is 1. The van der Waals surface area contributed by atoms with E-state index in [2.05, 4.69) is 10.3 Å². The third-order valence-corrected chi connectivity index (χ3v) is 3.63. The van der Waals surface area contributed by atoms with Crippen LogP contribution in [0.4, 0.5) is 4.39 Å². The molecule has 2 aromatic carbocycles. The zero-order valence-corrected chi connectivity index (χ0v) is 12.7. The molecule has 0 saturated heterocycles. The Bertz CT molecular complexity index is 842. The summed E-state index contributed by atoms with van der Waals surface area (Å²) in [5, 5.41) is 2.77. The van der Waals surface area contributed by atoms with Gasteiger partial charge >= 0.3 is 0 Å². The smallest absolute Gasteiger partial charge is 0.254 e. The Hall–Kier alpha value is -2.95. The normalized spacial score (nSPS) is 10.5. The van der Waals surface area contributed by atoms with Crippen molar-refractivity contribution in [1.29, 1.82) is 0 Å². The number of imidazole rings is 1. The number of amides is 1. The predicted octanol–water partition coefficient (Wildman–Crippen LogP) is 3.25. The van der Waals surface area contributed by atoms with E-state index >= 15 is 0 Å². The Kier molecular flexibility index (Phi) is 4.19. The monoisotopic (exact) mass is 309 g/mol. The fraction of sp³-hybridized carbons (Fsp3) is 0.111. The molecule has 0 bridgehead atoms. The van der Waals surface area contributed by atoms with Gasteiger partial charge in [0.2, 0.25) is 0 Å². The maximum absolute atomic E-state index is 13.6. The van der Waals surface area contributed by atoms with Crippen LogP contribution in [0.3, 0.4) is 0 Å². The Morgan fingerprint density at radius 2 is 1.91 bits per heavy atom. The van der Waals surface area contributed by atoms with Crippen LogP contribution in [0.25, 0.3) is 5.69 Å². The Morgan fingerprint density at radius 1 is 1.17 bits per heavy atom. The molecule has 0 aliphatic carbocycles. The van der Waals surface area contributed by atoms with Crippen LogP contribution < -0.4 is 5.32 Å². The summed E-state index contributed by atoms with van der Waals surface area (Å²) < 4.78 is 15.6. The summed E-state index contributed by atoms with van der Waals surface area (Å²) in [7, 11) is 0. The van der Waals surface area contributed by atoms with Gasteiger partial charge in [-0.15, -0.1) is 0 Å². The molecular weight excluding hydrogens is 293 g/mol. The highest BCUT2D eigenvalue weighted by Gasteiger charge is 2.12. The Labute approximate surface area is 133 Å². The van der Waals surface area contributed by atoms with E-state index < -0.39 is 11.7 Å². The van der Waals surface area contributed by atoms with Crippen LogP contribution in [0.5, 0.6) is 0 Å². The second-order valence-electron chi connectivity index (χ2n) is 5.14. The van der Waals surface area contributed by atoms with Crippen LogP contribution in [0.2, 0.25) is 0 Å². The average molecular weight is 309 g/mol. The van der Waals surface area contributed by atoms with Crippen molar-refractivity contribution < 1.29 is 9.18 Å². The van der Waals surface area contributed by atoms with E-state index in [0.717, 1.165) is 17.1 Å². The first-order valence-corrected chi connectivity index (χ1v) is 7.28. The maximum atomic E-state index is 13.6. The number of para-hydroxylation sites is 1. The second-order valence-corrected chi connectivity index (χ2v) is 5.14. The van der Waals surface area contributed by atoms with E-state index in [-0.39, 0.29) is 5.56 Å². The van der Waals surface area contributed by atoms with Gasteiger partial charge in [0.05, 0.1) is 11.3 Å². The van der Waals surface area contributed by atoms with Crippen LogP contribution in [0.15, 0.2) is 60.9 Å².